The Balaban J connectivity index is 2.06. The van der Waals surface area contributed by atoms with Gasteiger partial charge in [0, 0.05) is 22.3 Å². The van der Waals surface area contributed by atoms with Crippen LogP contribution in [0.4, 0.5) is 5.13 Å². The lowest BCUT2D eigenvalue weighted by Gasteiger charge is -2.00. The van der Waals surface area contributed by atoms with E-state index in [-0.39, 0.29) is 5.91 Å². The lowest BCUT2D eigenvalue weighted by atomic mass is 10.2. The molecule has 2 aromatic rings. The summed E-state index contributed by atoms with van der Waals surface area (Å²) in [5, 5.41) is 13.3. The number of nitrogens with zero attached hydrogens (tertiary/aromatic N) is 2. The summed E-state index contributed by atoms with van der Waals surface area (Å²) in [4.78, 5) is 11.9. The molecule has 2 rings (SSSR count). The number of carbonyl (C=O) groups is 1. The molecule has 0 aliphatic heterocycles. The number of anilines is 1. The van der Waals surface area contributed by atoms with E-state index in [9.17, 15) is 4.79 Å². The van der Waals surface area contributed by atoms with Crippen LogP contribution in [0.25, 0.3) is 0 Å². The number of nitrogens with one attached hydrogen (secondary N) is 1. The number of carbonyl (C=O) groups excluding carboxylic acids is 1. The molecule has 0 bridgehead atoms. The maximum Gasteiger partial charge on any atom is 0.257 e. The summed E-state index contributed by atoms with van der Waals surface area (Å²) < 4.78 is 0. The van der Waals surface area contributed by atoms with Crippen molar-refractivity contribution in [3.8, 4) is 0 Å². The number of rotatable bonds is 4. The first kappa shape index (κ1) is 13.5. The van der Waals surface area contributed by atoms with E-state index >= 15 is 0 Å². The fourth-order valence-corrected chi connectivity index (χ4v) is 2.85. The van der Waals surface area contributed by atoms with Crippen molar-refractivity contribution in [2.24, 2.45) is 0 Å². The Kier molecular flexibility index (Phi) is 4.68. The molecule has 18 heavy (non-hydrogen) atoms. The van der Waals surface area contributed by atoms with Crippen LogP contribution in [-0.2, 0) is 6.42 Å². The Bertz CT molecular complexity index is 561. The summed E-state index contributed by atoms with van der Waals surface area (Å²) in [5.41, 5.74) is 0.500. The molecule has 1 N–H and O–H groups in total. The fraction of sp³-hybridized carbons (Fsp3) is 0.182. The molecular weight excluding hydrogens is 338 g/mol. The average Bonchev–Trinajstić information content (AvgIpc) is 2.77. The van der Waals surface area contributed by atoms with E-state index in [1.165, 1.54) is 11.3 Å². The second kappa shape index (κ2) is 6.26. The third kappa shape index (κ3) is 3.51. The van der Waals surface area contributed by atoms with Gasteiger partial charge in [0.15, 0.2) is 0 Å². The number of halogens is 2. The number of hydrogen-bond donors (Lipinski definition) is 1. The summed E-state index contributed by atoms with van der Waals surface area (Å²) in [7, 11) is 0. The maximum absolute atomic E-state index is 11.9. The highest BCUT2D eigenvalue weighted by molar-refractivity contribution is 9.09. The zero-order valence-electron chi connectivity index (χ0n) is 9.19. The van der Waals surface area contributed by atoms with E-state index in [0.717, 1.165) is 16.8 Å². The van der Waals surface area contributed by atoms with Gasteiger partial charge in [0.1, 0.15) is 5.01 Å². The molecule has 4 nitrogen and oxygen atoms in total. The largest absolute Gasteiger partial charge is 0.296 e. The predicted molar refractivity (Wildman–Crippen MR) is 76.8 cm³/mol. The first-order chi connectivity index (χ1) is 8.69. The van der Waals surface area contributed by atoms with E-state index in [0.29, 0.717) is 15.7 Å². The van der Waals surface area contributed by atoms with Gasteiger partial charge in [-0.1, -0.05) is 44.9 Å². The molecule has 1 aromatic carbocycles. The van der Waals surface area contributed by atoms with E-state index in [2.05, 4.69) is 31.4 Å². The van der Waals surface area contributed by atoms with Crippen LogP contribution in [0, 0.1) is 0 Å². The number of aryl methyl sites for hydroxylation is 1. The Morgan fingerprint density at radius 1 is 1.44 bits per heavy atom. The summed E-state index contributed by atoms with van der Waals surface area (Å²) in [5.74, 6) is -0.237. The third-order valence-corrected chi connectivity index (χ3v) is 3.61. The Labute approximate surface area is 122 Å². The van der Waals surface area contributed by atoms with Crippen molar-refractivity contribution in [3.05, 3.63) is 39.9 Å². The van der Waals surface area contributed by atoms with Gasteiger partial charge in [-0.2, -0.15) is 0 Å². The van der Waals surface area contributed by atoms with Crippen molar-refractivity contribution in [2.45, 2.75) is 6.42 Å². The SMILES string of the molecule is O=C(Nc1nnc(CCBr)s1)c1cccc(Cl)c1. The summed E-state index contributed by atoms with van der Waals surface area (Å²) in [6.45, 7) is 0. The Morgan fingerprint density at radius 2 is 2.28 bits per heavy atom. The Hall–Kier alpha value is -0.980. The minimum absolute atomic E-state index is 0.237. The molecule has 94 valence electrons. The molecular formula is C11H9BrClN3OS. The molecule has 7 heteroatoms. The maximum atomic E-state index is 11.9. The summed E-state index contributed by atoms with van der Waals surface area (Å²) >= 11 is 10.5. The third-order valence-electron chi connectivity index (χ3n) is 2.08. The second-order valence-electron chi connectivity index (χ2n) is 3.40. The molecule has 1 aromatic heterocycles. The average molecular weight is 347 g/mol. The zero-order valence-corrected chi connectivity index (χ0v) is 12.3. The van der Waals surface area contributed by atoms with Crippen molar-refractivity contribution in [1.82, 2.24) is 10.2 Å². The highest BCUT2D eigenvalue weighted by atomic mass is 79.9. The van der Waals surface area contributed by atoms with Gasteiger partial charge in [0.2, 0.25) is 5.13 Å². The van der Waals surface area contributed by atoms with Gasteiger partial charge in [0.25, 0.3) is 5.91 Å². The molecule has 1 amide bonds. The van der Waals surface area contributed by atoms with Crippen molar-refractivity contribution < 1.29 is 4.79 Å². The van der Waals surface area contributed by atoms with Crippen LogP contribution >= 0.6 is 38.9 Å². The van der Waals surface area contributed by atoms with Crippen molar-refractivity contribution in [3.63, 3.8) is 0 Å². The Morgan fingerprint density at radius 3 is 3.00 bits per heavy atom. The lowest BCUT2D eigenvalue weighted by molar-refractivity contribution is 0.102. The standard InChI is InChI=1S/C11H9BrClN3OS/c12-5-4-9-15-16-11(18-9)14-10(17)7-2-1-3-8(13)6-7/h1-3,6H,4-5H2,(H,14,16,17). The van der Waals surface area contributed by atoms with Gasteiger partial charge in [-0.05, 0) is 18.2 Å². The van der Waals surface area contributed by atoms with E-state index in [1.54, 1.807) is 24.3 Å². The molecule has 0 radical (unpaired) electrons. The minimum Gasteiger partial charge on any atom is -0.296 e. The smallest absolute Gasteiger partial charge is 0.257 e. The molecule has 0 saturated carbocycles. The molecule has 0 spiro atoms. The van der Waals surface area contributed by atoms with E-state index in [1.807, 2.05) is 0 Å². The van der Waals surface area contributed by atoms with Crippen LogP contribution in [0.15, 0.2) is 24.3 Å². The lowest BCUT2D eigenvalue weighted by Crippen LogP contribution is -2.11. The highest BCUT2D eigenvalue weighted by Gasteiger charge is 2.10. The quantitative estimate of drug-likeness (QED) is 0.864. The minimum atomic E-state index is -0.237. The molecule has 0 fully saturated rings. The van der Waals surface area contributed by atoms with Gasteiger partial charge < -0.3 is 0 Å². The number of benzene rings is 1. The first-order valence-electron chi connectivity index (χ1n) is 5.14. The normalized spacial score (nSPS) is 10.3. The molecule has 0 aliphatic rings. The zero-order chi connectivity index (χ0) is 13.0. The van der Waals surface area contributed by atoms with Gasteiger partial charge in [-0.25, -0.2) is 0 Å². The van der Waals surface area contributed by atoms with Gasteiger partial charge in [-0.15, -0.1) is 10.2 Å². The molecule has 1 heterocycles. The van der Waals surface area contributed by atoms with Crippen molar-refractivity contribution in [2.75, 3.05) is 10.6 Å². The first-order valence-corrected chi connectivity index (χ1v) is 7.46. The van der Waals surface area contributed by atoms with Gasteiger partial charge >= 0.3 is 0 Å². The van der Waals surface area contributed by atoms with Crippen LogP contribution in [0.5, 0.6) is 0 Å². The van der Waals surface area contributed by atoms with Crippen molar-refractivity contribution >= 4 is 49.9 Å². The van der Waals surface area contributed by atoms with E-state index in [4.69, 9.17) is 11.6 Å². The van der Waals surface area contributed by atoms with Crippen molar-refractivity contribution in [1.29, 1.82) is 0 Å². The van der Waals surface area contributed by atoms with Crippen LogP contribution in [-0.4, -0.2) is 21.4 Å². The second-order valence-corrected chi connectivity index (χ2v) is 5.70. The number of amides is 1. The van der Waals surface area contributed by atoms with Crippen LogP contribution in [0.3, 0.4) is 0 Å². The van der Waals surface area contributed by atoms with Gasteiger partial charge in [0.05, 0.1) is 0 Å². The van der Waals surface area contributed by atoms with Crippen LogP contribution in [0.1, 0.15) is 15.4 Å². The molecule has 0 saturated heterocycles. The summed E-state index contributed by atoms with van der Waals surface area (Å²) in [6, 6.07) is 6.75. The monoisotopic (exact) mass is 345 g/mol. The predicted octanol–water partition coefficient (Wildman–Crippen LogP) is 3.38. The molecule has 0 atom stereocenters. The topological polar surface area (TPSA) is 54.9 Å². The van der Waals surface area contributed by atoms with Gasteiger partial charge in [-0.3, -0.25) is 10.1 Å². The number of aromatic nitrogens is 2. The van der Waals surface area contributed by atoms with Crippen LogP contribution in [0.2, 0.25) is 5.02 Å². The van der Waals surface area contributed by atoms with E-state index < -0.39 is 0 Å². The molecule has 0 unspecified atom stereocenters. The fourth-order valence-electron chi connectivity index (χ4n) is 1.28. The number of alkyl halides is 1. The molecule has 0 aliphatic carbocycles. The summed E-state index contributed by atoms with van der Waals surface area (Å²) in [6.07, 6.45) is 0.796. The highest BCUT2D eigenvalue weighted by Crippen LogP contribution is 2.18. The van der Waals surface area contributed by atoms with Crippen LogP contribution < -0.4 is 5.32 Å². The number of hydrogen-bond acceptors (Lipinski definition) is 4.